The number of likely N-dealkylation sites (N-methyl/N-ethyl adjacent to an activating group) is 1. The number of thiophene rings is 1. The molecule has 0 aliphatic rings. The van der Waals surface area contributed by atoms with Gasteiger partial charge in [0.05, 0.1) is 11.4 Å². The van der Waals surface area contributed by atoms with E-state index >= 15 is 0 Å². The number of benzene rings is 1. The molecule has 4 nitrogen and oxygen atoms in total. The topological polar surface area (TPSA) is 49.4 Å². The Morgan fingerprint density at radius 3 is 2.67 bits per heavy atom. The minimum Gasteiger partial charge on any atom is -0.332 e. The molecular formula is C15H15FN2O2S. The second kappa shape index (κ2) is 6.49. The minimum atomic E-state index is -0.425. The third kappa shape index (κ3) is 4.13. The third-order valence-electron chi connectivity index (χ3n) is 2.79. The standard InChI is InChI=1S/C15H15FN2O2S/c1-10-6-7-13(21-10)15(20)18(2)9-14(19)17-12-5-3-4-11(16)8-12/h3-8H,9H2,1-2H3,(H,17,19). The van der Waals surface area contributed by atoms with Crippen molar-refractivity contribution in [3.05, 3.63) is 52.0 Å². The highest BCUT2D eigenvalue weighted by Gasteiger charge is 2.16. The molecule has 2 aromatic rings. The van der Waals surface area contributed by atoms with E-state index in [1.165, 1.54) is 34.4 Å². The van der Waals surface area contributed by atoms with Gasteiger partial charge in [0.2, 0.25) is 5.91 Å². The van der Waals surface area contributed by atoms with Gasteiger partial charge in [0, 0.05) is 17.6 Å². The summed E-state index contributed by atoms with van der Waals surface area (Å²) in [6, 6.07) is 9.22. The summed E-state index contributed by atoms with van der Waals surface area (Å²) in [5.41, 5.74) is 0.368. The van der Waals surface area contributed by atoms with Crippen LogP contribution in [0.1, 0.15) is 14.5 Å². The lowest BCUT2D eigenvalue weighted by atomic mass is 10.3. The normalized spacial score (nSPS) is 10.2. The van der Waals surface area contributed by atoms with Gasteiger partial charge in [-0.3, -0.25) is 9.59 Å². The summed E-state index contributed by atoms with van der Waals surface area (Å²) >= 11 is 1.38. The first-order valence-electron chi connectivity index (χ1n) is 6.33. The van der Waals surface area contributed by atoms with E-state index in [1.807, 2.05) is 13.0 Å². The Balaban J connectivity index is 1.94. The molecule has 0 saturated carbocycles. The quantitative estimate of drug-likeness (QED) is 0.944. The smallest absolute Gasteiger partial charge is 0.264 e. The van der Waals surface area contributed by atoms with Crippen molar-refractivity contribution in [2.45, 2.75) is 6.92 Å². The predicted octanol–water partition coefficient (Wildman–Crippen LogP) is 2.91. The van der Waals surface area contributed by atoms with Crippen LogP contribution in [0, 0.1) is 12.7 Å². The molecule has 2 rings (SSSR count). The van der Waals surface area contributed by atoms with E-state index in [0.29, 0.717) is 10.6 Å². The van der Waals surface area contributed by atoms with Crippen molar-refractivity contribution in [3.63, 3.8) is 0 Å². The molecule has 0 radical (unpaired) electrons. The highest BCUT2D eigenvalue weighted by molar-refractivity contribution is 7.13. The summed E-state index contributed by atoms with van der Waals surface area (Å²) in [6.45, 7) is 1.82. The molecule has 1 aromatic carbocycles. The highest BCUT2D eigenvalue weighted by Crippen LogP contribution is 2.16. The fraction of sp³-hybridized carbons (Fsp3) is 0.200. The summed E-state index contributed by atoms with van der Waals surface area (Å²) in [5, 5.41) is 2.56. The van der Waals surface area contributed by atoms with Crippen LogP contribution in [-0.2, 0) is 4.79 Å². The lowest BCUT2D eigenvalue weighted by Crippen LogP contribution is -2.34. The zero-order valence-corrected chi connectivity index (χ0v) is 12.5. The fourth-order valence-corrected chi connectivity index (χ4v) is 2.65. The molecule has 110 valence electrons. The van der Waals surface area contributed by atoms with Crippen LogP contribution in [0.3, 0.4) is 0 Å². The van der Waals surface area contributed by atoms with E-state index < -0.39 is 5.82 Å². The Kier molecular flexibility index (Phi) is 4.70. The van der Waals surface area contributed by atoms with Crippen LogP contribution in [-0.4, -0.2) is 30.3 Å². The Hall–Kier alpha value is -2.21. The second-order valence-corrected chi connectivity index (χ2v) is 5.92. The number of rotatable bonds is 4. The molecule has 0 aliphatic carbocycles. The Morgan fingerprint density at radius 1 is 1.29 bits per heavy atom. The van der Waals surface area contributed by atoms with Gasteiger partial charge in [0.25, 0.3) is 5.91 Å². The van der Waals surface area contributed by atoms with Crippen molar-refractivity contribution >= 4 is 28.8 Å². The average molecular weight is 306 g/mol. The van der Waals surface area contributed by atoms with Gasteiger partial charge in [-0.05, 0) is 37.3 Å². The van der Waals surface area contributed by atoms with Crippen LogP contribution in [0.2, 0.25) is 0 Å². The average Bonchev–Trinajstić information content (AvgIpc) is 2.84. The SMILES string of the molecule is Cc1ccc(C(=O)N(C)CC(=O)Nc2cccc(F)c2)s1. The van der Waals surface area contributed by atoms with E-state index in [0.717, 1.165) is 4.88 Å². The molecule has 0 saturated heterocycles. The molecule has 0 atom stereocenters. The Morgan fingerprint density at radius 2 is 2.05 bits per heavy atom. The molecule has 6 heteroatoms. The zero-order chi connectivity index (χ0) is 15.4. The van der Waals surface area contributed by atoms with Gasteiger partial charge in [-0.15, -0.1) is 11.3 Å². The van der Waals surface area contributed by atoms with Gasteiger partial charge in [-0.1, -0.05) is 6.07 Å². The summed E-state index contributed by atoms with van der Waals surface area (Å²) in [6.07, 6.45) is 0. The molecule has 0 aliphatic heterocycles. The molecule has 0 bridgehead atoms. The second-order valence-electron chi connectivity index (χ2n) is 4.63. The first-order valence-corrected chi connectivity index (χ1v) is 7.14. The van der Waals surface area contributed by atoms with Crippen molar-refractivity contribution in [2.75, 3.05) is 18.9 Å². The van der Waals surface area contributed by atoms with Crippen molar-refractivity contribution in [3.8, 4) is 0 Å². The highest BCUT2D eigenvalue weighted by atomic mass is 32.1. The maximum absolute atomic E-state index is 13.0. The van der Waals surface area contributed by atoms with Crippen molar-refractivity contribution in [1.29, 1.82) is 0 Å². The minimum absolute atomic E-state index is 0.0910. The molecule has 21 heavy (non-hydrogen) atoms. The van der Waals surface area contributed by atoms with Gasteiger partial charge in [-0.25, -0.2) is 4.39 Å². The molecule has 1 aromatic heterocycles. The van der Waals surface area contributed by atoms with Gasteiger partial charge in [-0.2, -0.15) is 0 Å². The van der Waals surface area contributed by atoms with Gasteiger partial charge in [0.15, 0.2) is 0 Å². The van der Waals surface area contributed by atoms with E-state index in [-0.39, 0.29) is 18.4 Å². The molecule has 1 heterocycles. The molecule has 2 amide bonds. The summed E-state index contributed by atoms with van der Waals surface area (Å²) in [5.74, 6) is -1.00. The number of halogens is 1. The van der Waals surface area contributed by atoms with E-state index in [1.54, 1.807) is 19.2 Å². The fourth-order valence-electron chi connectivity index (χ4n) is 1.79. The molecule has 0 fully saturated rings. The number of hydrogen-bond acceptors (Lipinski definition) is 3. The number of amides is 2. The Labute approximate surface area is 126 Å². The van der Waals surface area contributed by atoms with E-state index in [2.05, 4.69) is 5.32 Å². The summed E-state index contributed by atoms with van der Waals surface area (Å²) in [7, 11) is 1.56. The zero-order valence-electron chi connectivity index (χ0n) is 11.7. The number of hydrogen-bond donors (Lipinski definition) is 1. The molecule has 0 unspecified atom stereocenters. The number of anilines is 1. The maximum Gasteiger partial charge on any atom is 0.264 e. The van der Waals surface area contributed by atoms with E-state index in [4.69, 9.17) is 0 Å². The monoisotopic (exact) mass is 306 g/mol. The van der Waals surface area contributed by atoms with E-state index in [9.17, 15) is 14.0 Å². The van der Waals surface area contributed by atoms with Gasteiger partial charge < -0.3 is 10.2 Å². The lowest BCUT2D eigenvalue weighted by molar-refractivity contribution is -0.116. The molecular weight excluding hydrogens is 291 g/mol. The van der Waals surface area contributed by atoms with Gasteiger partial charge in [0.1, 0.15) is 5.82 Å². The van der Waals surface area contributed by atoms with Crippen LogP contribution in [0.25, 0.3) is 0 Å². The Bertz CT molecular complexity index is 669. The largest absolute Gasteiger partial charge is 0.332 e. The summed E-state index contributed by atoms with van der Waals surface area (Å²) < 4.78 is 13.0. The van der Waals surface area contributed by atoms with Crippen LogP contribution < -0.4 is 5.32 Å². The number of nitrogens with one attached hydrogen (secondary N) is 1. The predicted molar refractivity (Wildman–Crippen MR) is 81.0 cm³/mol. The first-order chi connectivity index (χ1) is 9.95. The van der Waals surface area contributed by atoms with Crippen LogP contribution in [0.5, 0.6) is 0 Å². The van der Waals surface area contributed by atoms with Crippen molar-refractivity contribution in [2.24, 2.45) is 0 Å². The van der Waals surface area contributed by atoms with Crippen LogP contribution >= 0.6 is 11.3 Å². The first kappa shape index (κ1) is 15.2. The third-order valence-corrected chi connectivity index (χ3v) is 3.78. The molecule has 0 spiro atoms. The van der Waals surface area contributed by atoms with Crippen LogP contribution in [0.4, 0.5) is 10.1 Å². The number of aryl methyl sites for hydroxylation is 1. The maximum atomic E-state index is 13.0. The molecule has 1 N–H and O–H groups in total. The number of carbonyl (C=O) groups excluding carboxylic acids is 2. The van der Waals surface area contributed by atoms with Gasteiger partial charge >= 0.3 is 0 Å². The summed E-state index contributed by atoms with van der Waals surface area (Å²) in [4.78, 5) is 26.9. The number of carbonyl (C=O) groups is 2. The van der Waals surface area contributed by atoms with Crippen molar-refractivity contribution < 1.29 is 14.0 Å². The number of nitrogens with zero attached hydrogens (tertiary/aromatic N) is 1. The van der Waals surface area contributed by atoms with Crippen LogP contribution in [0.15, 0.2) is 36.4 Å². The van der Waals surface area contributed by atoms with Crippen molar-refractivity contribution in [1.82, 2.24) is 4.90 Å². The lowest BCUT2D eigenvalue weighted by Gasteiger charge is -2.15.